The van der Waals surface area contributed by atoms with Crippen molar-refractivity contribution in [3.05, 3.63) is 35.9 Å². The number of hydrogen-bond acceptors (Lipinski definition) is 4. The van der Waals surface area contributed by atoms with Crippen LogP contribution in [0.3, 0.4) is 0 Å². The Bertz CT molecular complexity index is 545. The molecule has 1 atom stereocenters. The molecule has 2 aliphatic rings. The molecule has 5 nitrogen and oxygen atoms in total. The molecule has 0 N–H and O–H groups in total. The molecule has 0 aliphatic carbocycles. The molecule has 0 radical (unpaired) electrons. The van der Waals surface area contributed by atoms with Gasteiger partial charge in [-0.2, -0.15) is 0 Å². The first kappa shape index (κ1) is 13.2. The predicted molar refractivity (Wildman–Crippen MR) is 75.5 cm³/mol. The number of likely N-dealkylation sites (tertiary alicyclic amines) is 1. The van der Waals surface area contributed by atoms with Gasteiger partial charge in [-0.15, -0.1) is 0 Å². The van der Waals surface area contributed by atoms with E-state index in [0.29, 0.717) is 25.1 Å². The maximum absolute atomic E-state index is 12.3. The highest BCUT2D eigenvalue weighted by atomic mass is 32.2. The third-order valence-corrected chi connectivity index (χ3v) is 4.46. The highest BCUT2D eigenvalue weighted by molar-refractivity contribution is 8.14. The number of amides is 3. The highest BCUT2D eigenvalue weighted by Gasteiger charge is 2.40. The van der Waals surface area contributed by atoms with E-state index in [9.17, 15) is 14.4 Å². The fraction of sp³-hybridized carbons (Fsp3) is 0.357. The molecule has 0 aromatic heterocycles. The summed E-state index contributed by atoms with van der Waals surface area (Å²) in [5.41, 5.74) is 0.640. The highest BCUT2D eigenvalue weighted by Crippen LogP contribution is 2.26. The second kappa shape index (κ2) is 5.28. The van der Waals surface area contributed by atoms with Crippen LogP contribution in [0.2, 0.25) is 0 Å². The molecule has 6 heteroatoms. The molecular weight excluding hydrogens is 276 g/mol. The van der Waals surface area contributed by atoms with E-state index in [1.807, 2.05) is 18.2 Å². The minimum atomic E-state index is -0.186. The molecular formula is C14H14N2O3S. The van der Waals surface area contributed by atoms with E-state index < -0.39 is 0 Å². The lowest BCUT2D eigenvalue weighted by Crippen LogP contribution is -2.41. The SMILES string of the molecule is O=C(c1ccccc1)N1CCC(N2C(=O)CSC2=O)C1. The van der Waals surface area contributed by atoms with Crippen LogP contribution in [0.25, 0.3) is 0 Å². The Morgan fingerprint density at radius 3 is 2.60 bits per heavy atom. The van der Waals surface area contributed by atoms with Gasteiger partial charge in [0.25, 0.3) is 11.1 Å². The van der Waals surface area contributed by atoms with Gasteiger partial charge in [-0.25, -0.2) is 0 Å². The van der Waals surface area contributed by atoms with Gasteiger partial charge >= 0.3 is 0 Å². The average molecular weight is 290 g/mol. The van der Waals surface area contributed by atoms with Crippen LogP contribution in [-0.4, -0.2) is 51.7 Å². The van der Waals surface area contributed by atoms with E-state index in [-0.39, 0.29) is 28.8 Å². The maximum Gasteiger partial charge on any atom is 0.289 e. The second-order valence-corrected chi connectivity index (χ2v) is 5.80. The third-order valence-electron chi connectivity index (χ3n) is 3.62. The molecule has 3 amide bonds. The van der Waals surface area contributed by atoms with Crippen LogP contribution in [0.1, 0.15) is 16.8 Å². The van der Waals surface area contributed by atoms with Crippen LogP contribution in [0.4, 0.5) is 4.79 Å². The first-order chi connectivity index (χ1) is 9.66. The Kier molecular flexibility index (Phi) is 3.48. The van der Waals surface area contributed by atoms with E-state index in [2.05, 4.69) is 0 Å². The van der Waals surface area contributed by atoms with Crippen molar-refractivity contribution in [3.63, 3.8) is 0 Å². The first-order valence-electron chi connectivity index (χ1n) is 6.50. The Morgan fingerprint density at radius 2 is 1.95 bits per heavy atom. The zero-order chi connectivity index (χ0) is 14.1. The number of rotatable bonds is 2. The molecule has 2 saturated heterocycles. The van der Waals surface area contributed by atoms with Gasteiger partial charge in [0, 0.05) is 18.7 Å². The minimum Gasteiger partial charge on any atom is -0.336 e. The number of benzene rings is 1. The number of hydrogen-bond donors (Lipinski definition) is 0. The van der Waals surface area contributed by atoms with Crippen LogP contribution in [0.5, 0.6) is 0 Å². The van der Waals surface area contributed by atoms with Crippen molar-refractivity contribution >= 4 is 28.8 Å². The summed E-state index contributed by atoms with van der Waals surface area (Å²) in [7, 11) is 0. The fourth-order valence-electron chi connectivity index (χ4n) is 2.62. The summed E-state index contributed by atoms with van der Waals surface area (Å²) in [6, 6.07) is 8.89. The summed E-state index contributed by atoms with van der Waals surface area (Å²) in [4.78, 5) is 38.7. The molecule has 0 spiro atoms. The summed E-state index contributed by atoms with van der Waals surface area (Å²) in [6.45, 7) is 1.02. The lowest BCUT2D eigenvalue weighted by molar-refractivity contribution is -0.126. The lowest BCUT2D eigenvalue weighted by Gasteiger charge is -2.21. The van der Waals surface area contributed by atoms with Crippen molar-refractivity contribution in [3.8, 4) is 0 Å². The lowest BCUT2D eigenvalue weighted by atomic mass is 10.2. The summed E-state index contributed by atoms with van der Waals surface area (Å²) in [6.07, 6.45) is 0.663. The molecule has 3 rings (SSSR count). The van der Waals surface area contributed by atoms with Gasteiger partial charge in [-0.1, -0.05) is 30.0 Å². The van der Waals surface area contributed by atoms with Gasteiger partial charge < -0.3 is 4.90 Å². The van der Waals surface area contributed by atoms with Gasteiger partial charge in [-0.05, 0) is 18.6 Å². The molecule has 2 fully saturated rings. The zero-order valence-corrected chi connectivity index (χ0v) is 11.6. The Hall–Kier alpha value is -1.82. The van der Waals surface area contributed by atoms with Crippen molar-refractivity contribution in [2.24, 2.45) is 0 Å². The minimum absolute atomic E-state index is 0.0418. The monoisotopic (exact) mass is 290 g/mol. The van der Waals surface area contributed by atoms with Crippen LogP contribution in [0.15, 0.2) is 30.3 Å². The smallest absolute Gasteiger partial charge is 0.289 e. The zero-order valence-electron chi connectivity index (χ0n) is 10.8. The molecule has 2 heterocycles. The second-order valence-electron chi connectivity index (χ2n) is 4.88. The first-order valence-corrected chi connectivity index (χ1v) is 7.48. The van der Waals surface area contributed by atoms with Gasteiger partial charge in [0.15, 0.2) is 0 Å². The molecule has 104 valence electrons. The largest absolute Gasteiger partial charge is 0.336 e. The number of carbonyl (C=O) groups excluding carboxylic acids is 3. The summed E-state index contributed by atoms with van der Waals surface area (Å²) in [5.74, 6) is 0.0426. The van der Waals surface area contributed by atoms with Crippen LogP contribution >= 0.6 is 11.8 Å². The molecule has 0 bridgehead atoms. The molecule has 20 heavy (non-hydrogen) atoms. The van der Waals surface area contributed by atoms with Gasteiger partial charge in [0.2, 0.25) is 5.91 Å². The Labute approximate surface area is 120 Å². The van der Waals surface area contributed by atoms with Crippen LogP contribution in [0, 0.1) is 0 Å². The van der Waals surface area contributed by atoms with Gasteiger partial charge in [-0.3, -0.25) is 19.3 Å². The van der Waals surface area contributed by atoms with Crippen molar-refractivity contribution in [2.75, 3.05) is 18.8 Å². The summed E-state index contributed by atoms with van der Waals surface area (Å²) >= 11 is 1.04. The molecule has 1 aromatic rings. The van der Waals surface area contributed by atoms with Gasteiger partial charge in [0.05, 0.1) is 11.8 Å². The van der Waals surface area contributed by atoms with Gasteiger partial charge in [0.1, 0.15) is 0 Å². The topological polar surface area (TPSA) is 57.7 Å². The number of thioether (sulfide) groups is 1. The number of imide groups is 1. The summed E-state index contributed by atoms with van der Waals surface area (Å²) in [5, 5.41) is -0.186. The van der Waals surface area contributed by atoms with Crippen LogP contribution < -0.4 is 0 Å². The normalized spacial score (nSPS) is 22.7. The fourth-order valence-corrected chi connectivity index (χ4v) is 3.39. The Morgan fingerprint density at radius 1 is 1.20 bits per heavy atom. The van der Waals surface area contributed by atoms with Crippen molar-refractivity contribution < 1.29 is 14.4 Å². The molecule has 1 unspecified atom stereocenters. The molecule has 2 aliphatic heterocycles. The van der Waals surface area contributed by atoms with E-state index in [1.54, 1.807) is 17.0 Å². The standard InChI is InChI=1S/C14H14N2O3S/c17-12-9-20-14(19)16(12)11-6-7-15(8-11)13(18)10-4-2-1-3-5-10/h1-5,11H,6-9H2. The van der Waals surface area contributed by atoms with Crippen molar-refractivity contribution in [1.29, 1.82) is 0 Å². The average Bonchev–Trinajstić information content (AvgIpc) is 3.06. The van der Waals surface area contributed by atoms with E-state index in [1.165, 1.54) is 4.90 Å². The number of carbonyl (C=O) groups is 3. The molecule has 1 aromatic carbocycles. The quantitative estimate of drug-likeness (QED) is 0.830. The van der Waals surface area contributed by atoms with E-state index >= 15 is 0 Å². The maximum atomic E-state index is 12.3. The van der Waals surface area contributed by atoms with Crippen molar-refractivity contribution in [1.82, 2.24) is 9.80 Å². The van der Waals surface area contributed by atoms with Crippen molar-refractivity contribution in [2.45, 2.75) is 12.5 Å². The van der Waals surface area contributed by atoms with Crippen LogP contribution in [-0.2, 0) is 4.79 Å². The van der Waals surface area contributed by atoms with E-state index in [4.69, 9.17) is 0 Å². The number of nitrogens with zero attached hydrogens (tertiary/aromatic N) is 2. The Balaban J connectivity index is 1.69. The third kappa shape index (κ3) is 2.31. The van der Waals surface area contributed by atoms with E-state index in [0.717, 1.165) is 11.8 Å². The summed E-state index contributed by atoms with van der Waals surface area (Å²) < 4.78 is 0. The molecule has 0 saturated carbocycles. The predicted octanol–water partition coefficient (Wildman–Crippen LogP) is 1.60.